The summed E-state index contributed by atoms with van der Waals surface area (Å²) in [5.74, 6) is 1.81. The van der Waals surface area contributed by atoms with E-state index in [-0.39, 0.29) is 25.1 Å². The molecule has 7 heteroatoms. The summed E-state index contributed by atoms with van der Waals surface area (Å²) in [6, 6.07) is 13.8. The third-order valence-corrected chi connectivity index (χ3v) is 5.59. The van der Waals surface area contributed by atoms with Crippen LogP contribution in [0.2, 0.25) is 0 Å². The molecule has 1 heterocycles. The predicted octanol–water partition coefficient (Wildman–Crippen LogP) is 5.75. The second kappa shape index (κ2) is 10.1. The van der Waals surface area contributed by atoms with E-state index in [2.05, 4.69) is 39.9 Å². The highest BCUT2D eigenvalue weighted by atomic mass is 79.9. The van der Waals surface area contributed by atoms with E-state index in [0.717, 1.165) is 15.6 Å². The number of carbonyl (C=O) groups is 1. The summed E-state index contributed by atoms with van der Waals surface area (Å²) < 4.78 is 12.0. The number of carbonyl (C=O) groups excluding carboxylic acids is 1. The van der Waals surface area contributed by atoms with Crippen molar-refractivity contribution >= 4 is 21.8 Å². The number of hydrogen-bond acceptors (Lipinski definition) is 5. The monoisotopic (exact) mass is 485 g/mol. The van der Waals surface area contributed by atoms with E-state index in [0.29, 0.717) is 23.4 Å². The van der Waals surface area contributed by atoms with Gasteiger partial charge in [0, 0.05) is 11.6 Å². The summed E-state index contributed by atoms with van der Waals surface area (Å²) in [5.41, 5.74) is 3.21. The van der Waals surface area contributed by atoms with Crippen molar-refractivity contribution in [2.24, 2.45) is 0 Å². The van der Waals surface area contributed by atoms with Gasteiger partial charge < -0.3 is 14.2 Å². The number of nitrogens with zero attached hydrogens (tertiary/aromatic N) is 3. The molecule has 0 spiro atoms. The normalized spacial score (nSPS) is 11.2. The van der Waals surface area contributed by atoms with E-state index in [1.54, 1.807) is 4.90 Å². The summed E-state index contributed by atoms with van der Waals surface area (Å²) in [6.07, 6.45) is 0. The SMILES string of the molecule is Cc1cccc(-c2noc(CN(C(=O)COc3ccc(C(C)C)cc3Br)C(C)C)n2)c1. The quantitative estimate of drug-likeness (QED) is 0.406. The highest BCUT2D eigenvalue weighted by molar-refractivity contribution is 9.10. The molecule has 164 valence electrons. The average Bonchev–Trinajstić information content (AvgIpc) is 3.19. The molecule has 0 fully saturated rings. The number of amides is 1. The minimum absolute atomic E-state index is 0.0443. The smallest absolute Gasteiger partial charge is 0.261 e. The third-order valence-electron chi connectivity index (χ3n) is 4.97. The van der Waals surface area contributed by atoms with Crippen molar-refractivity contribution in [1.82, 2.24) is 15.0 Å². The van der Waals surface area contributed by atoms with Gasteiger partial charge in [-0.25, -0.2) is 0 Å². The zero-order chi connectivity index (χ0) is 22.5. The average molecular weight is 486 g/mol. The van der Waals surface area contributed by atoms with Gasteiger partial charge in [0.25, 0.3) is 5.91 Å². The van der Waals surface area contributed by atoms with Crippen LogP contribution in [0.3, 0.4) is 0 Å². The number of aryl methyl sites for hydroxylation is 1. The maximum Gasteiger partial charge on any atom is 0.261 e. The summed E-state index contributed by atoms with van der Waals surface area (Å²) in [4.78, 5) is 19.0. The van der Waals surface area contributed by atoms with Crippen LogP contribution in [0, 0.1) is 6.92 Å². The fourth-order valence-electron chi connectivity index (χ4n) is 3.14. The number of rotatable bonds is 8. The highest BCUT2D eigenvalue weighted by Gasteiger charge is 2.22. The zero-order valence-corrected chi connectivity index (χ0v) is 20.1. The van der Waals surface area contributed by atoms with E-state index in [1.165, 1.54) is 5.56 Å². The van der Waals surface area contributed by atoms with Crippen molar-refractivity contribution in [3.63, 3.8) is 0 Å². The number of ether oxygens (including phenoxy) is 1. The number of benzene rings is 2. The molecule has 3 aromatic rings. The van der Waals surface area contributed by atoms with Crippen molar-refractivity contribution in [3.8, 4) is 17.1 Å². The Morgan fingerprint density at radius 3 is 2.58 bits per heavy atom. The summed E-state index contributed by atoms with van der Waals surface area (Å²) in [5, 5.41) is 4.07. The fraction of sp³-hybridized carbons (Fsp3) is 0.375. The van der Waals surface area contributed by atoms with Crippen molar-refractivity contribution in [3.05, 3.63) is 64.0 Å². The van der Waals surface area contributed by atoms with Crippen LogP contribution in [0.15, 0.2) is 51.5 Å². The Balaban J connectivity index is 1.66. The van der Waals surface area contributed by atoms with E-state index in [1.807, 2.05) is 63.2 Å². The molecule has 1 aromatic heterocycles. The summed E-state index contributed by atoms with van der Waals surface area (Å²) in [6.45, 7) is 10.3. The van der Waals surface area contributed by atoms with Gasteiger partial charge >= 0.3 is 0 Å². The maximum absolute atomic E-state index is 12.9. The molecule has 2 aromatic carbocycles. The molecule has 0 atom stereocenters. The lowest BCUT2D eigenvalue weighted by atomic mass is 10.0. The van der Waals surface area contributed by atoms with Crippen molar-refractivity contribution in [1.29, 1.82) is 0 Å². The number of aromatic nitrogens is 2. The summed E-state index contributed by atoms with van der Waals surface area (Å²) in [7, 11) is 0. The van der Waals surface area contributed by atoms with E-state index >= 15 is 0 Å². The van der Waals surface area contributed by atoms with Gasteiger partial charge in [0.2, 0.25) is 11.7 Å². The maximum atomic E-state index is 12.9. The van der Waals surface area contributed by atoms with Gasteiger partial charge in [-0.05, 0) is 66.4 Å². The number of hydrogen-bond donors (Lipinski definition) is 0. The molecule has 0 aliphatic heterocycles. The molecule has 0 unspecified atom stereocenters. The van der Waals surface area contributed by atoms with Crippen molar-refractivity contribution < 1.29 is 14.1 Å². The molecule has 0 saturated heterocycles. The third kappa shape index (κ3) is 5.94. The molecule has 3 rings (SSSR count). The molecule has 0 radical (unpaired) electrons. The van der Waals surface area contributed by atoms with Gasteiger partial charge in [-0.15, -0.1) is 0 Å². The topological polar surface area (TPSA) is 68.5 Å². The van der Waals surface area contributed by atoms with E-state index < -0.39 is 0 Å². The first-order valence-electron chi connectivity index (χ1n) is 10.4. The van der Waals surface area contributed by atoms with Gasteiger partial charge in [-0.1, -0.05) is 48.8 Å². The Kier molecular flexibility index (Phi) is 7.49. The standard InChI is InChI=1S/C24H28BrN3O3/c1-15(2)18-9-10-21(20(25)12-18)30-14-23(29)28(16(3)4)13-22-26-24(27-31-22)19-8-6-7-17(5)11-19/h6-12,15-16H,13-14H2,1-5H3. The summed E-state index contributed by atoms with van der Waals surface area (Å²) >= 11 is 3.53. The van der Waals surface area contributed by atoms with Crippen LogP contribution in [0.4, 0.5) is 0 Å². The van der Waals surface area contributed by atoms with Crippen molar-refractivity contribution in [2.75, 3.05) is 6.61 Å². The predicted molar refractivity (Wildman–Crippen MR) is 124 cm³/mol. The van der Waals surface area contributed by atoms with Gasteiger partial charge in [0.1, 0.15) is 12.3 Å². The molecule has 0 N–H and O–H groups in total. The van der Waals surface area contributed by atoms with E-state index in [4.69, 9.17) is 9.26 Å². The van der Waals surface area contributed by atoms with Gasteiger partial charge in [0.05, 0.1) is 4.47 Å². The van der Waals surface area contributed by atoms with Crippen LogP contribution in [-0.4, -0.2) is 33.6 Å². The van der Waals surface area contributed by atoms with Crippen molar-refractivity contribution in [2.45, 2.75) is 53.1 Å². The fourth-order valence-corrected chi connectivity index (χ4v) is 3.65. The van der Waals surface area contributed by atoms with Crippen LogP contribution in [0.1, 0.15) is 50.6 Å². The molecular formula is C24H28BrN3O3. The Labute approximate surface area is 191 Å². The van der Waals surface area contributed by atoms with Crippen LogP contribution < -0.4 is 4.74 Å². The first kappa shape index (κ1) is 23.0. The second-order valence-corrected chi connectivity index (χ2v) is 8.98. The molecule has 0 aliphatic rings. The van der Waals surface area contributed by atoms with Gasteiger partial charge in [0.15, 0.2) is 6.61 Å². The molecule has 0 bridgehead atoms. The highest BCUT2D eigenvalue weighted by Crippen LogP contribution is 2.29. The minimum Gasteiger partial charge on any atom is -0.483 e. The second-order valence-electron chi connectivity index (χ2n) is 8.13. The first-order valence-corrected chi connectivity index (χ1v) is 11.1. The molecule has 1 amide bonds. The Bertz CT molecular complexity index is 1050. The molecule has 0 aliphatic carbocycles. The lowest BCUT2D eigenvalue weighted by molar-refractivity contribution is -0.136. The number of halogens is 1. The first-order chi connectivity index (χ1) is 14.7. The zero-order valence-electron chi connectivity index (χ0n) is 18.6. The molecule has 31 heavy (non-hydrogen) atoms. The molecular weight excluding hydrogens is 458 g/mol. The Hall–Kier alpha value is -2.67. The molecule has 0 saturated carbocycles. The van der Waals surface area contributed by atoms with Crippen LogP contribution in [0.25, 0.3) is 11.4 Å². The van der Waals surface area contributed by atoms with Gasteiger partial charge in [-0.2, -0.15) is 4.98 Å². The Morgan fingerprint density at radius 2 is 1.94 bits per heavy atom. The van der Waals surface area contributed by atoms with E-state index in [9.17, 15) is 4.79 Å². The van der Waals surface area contributed by atoms with Crippen LogP contribution in [-0.2, 0) is 11.3 Å². The van der Waals surface area contributed by atoms with Crippen LogP contribution >= 0.6 is 15.9 Å². The minimum atomic E-state index is -0.148. The van der Waals surface area contributed by atoms with Gasteiger partial charge in [-0.3, -0.25) is 4.79 Å². The van der Waals surface area contributed by atoms with Crippen LogP contribution in [0.5, 0.6) is 5.75 Å². The molecule has 6 nitrogen and oxygen atoms in total. The lowest BCUT2D eigenvalue weighted by Crippen LogP contribution is -2.39. The largest absolute Gasteiger partial charge is 0.483 e. The lowest BCUT2D eigenvalue weighted by Gasteiger charge is -2.25. The Morgan fingerprint density at radius 1 is 1.16 bits per heavy atom.